The zero-order valence-corrected chi connectivity index (χ0v) is 15.1. The summed E-state index contributed by atoms with van der Waals surface area (Å²) in [6.45, 7) is 1.33. The molecule has 1 saturated heterocycles. The van der Waals surface area contributed by atoms with E-state index in [0.29, 0.717) is 32.5 Å². The molecular weight excluding hydrogens is 345 g/mol. The summed E-state index contributed by atoms with van der Waals surface area (Å²) < 4.78 is 37.6. The molecule has 138 valence electrons. The predicted molar refractivity (Wildman–Crippen MR) is 92.9 cm³/mol. The summed E-state index contributed by atoms with van der Waals surface area (Å²) in [5.41, 5.74) is 0.898. The van der Waals surface area contributed by atoms with E-state index in [2.05, 4.69) is 5.32 Å². The number of hydrogen-bond acceptors (Lipinski definition) is 3. The molecule has 3 rings (SSSR count). The molecule has 2 amide bonds. The van der Waals surface area contributed by atoms with Crippen molar-refractivity contribution in [3.05, 3.63) is 35.6 Å². The van der Waals surface area contributed by atoms with E-state index in [1.807, 2.05) is 0 Å². The van der Waals surface area contributed by atoms with Crippen LogP contribution in [0.4, 0.5) is 9.18 Å². The number of halogens is 1. The van der Waals surface area contributed by atoms with Crippen LogP contribution in [-0.2, 0) is 16.6 Å². The third kappa shape index (κ3) is 4.92. The number of nitrogens with one attached hydrogen (secondary N) is 1. The number of hydrogen-bond donors (Lipinski definition) is 1. The zero-order valence-electron chi connectivity index (χ0n) is 14.3. The Balaban J connectivity index is 1.56. The highest BCUT2D eigenvalue weighted by atomic mass is 32.2. The van der Waals surface area contributed by atoms with E-state index in [4.69, 9.17) is 0 Å². The summed E-state index contributed by atoms with van der Waals surface area (Å²) in [5, 5.41) is 3.04. The van der Waals surface area contributed by atoms with E-state index in [1.165, 1.54) is 22.7 Å². The largest absolute Gasteiger partial charge is 0.335 e. The quantitative estimate of drug-likeness (QED) is 0.862. The molecule has 1 saturated carbocycles. The normalized spacial score (nSPS) is 19.6. The average Bonchev–Trinajstić information content (AvgIpc) is 3.38. The molecule has 2 aliphatic rings. The number of urea groups is 1. The lowest BCUT2D eigenvalue weighted by atomic mass is 10.1. The minimum absolute atomic E-state index is 0.0139. The summed E-state index contributed by atoms with van der Waals surface area (Å²) in [6, 6.07) is 6.30. The van der Waals surface area contributed by atoms with Crippen LogP contribution in [0.3, 0.4) is 0 Å². The molecule has 6 nitrogen and oxygen atoms in total. The Hall–Kier alpha value is -1.67. The van der Waals surface area contributed by atoms with Crippen molar-refractivity contribution < 1.29 is 17.6 Å². The number of rotatable bonds is 5. The van der Waals surface area contributed by atoms with Crippen LogP contribution >= 0.6 is 0 Å². The standard InChI is InChI=1S/C17H24FN3O3S/c1-25(23,24)20-10-8-15(9-11-20)19-17(22)21(16-6-7-16)12-13-2-4-14(18)5-3-13/h2-5,15-16H,6-12H2,1H3,(H,19,22). The monoisotopic (exact) mass is 369 g/mol. The van der Waals surface area contributed by atoms with Crippen LogP contribution in [0.5, 0.6) is 0 Å². The van der Waals surface area contributed by atoms with Gasteiger partial charge in [-0.25, -0.2) is 21.9 Å². The maximum absolute atomic E-state index is 13.0. The van der Waals surface area contributed by atoms with Gasteiger partial charge < -0.3 is 10.2 Å². The lowest BCUT2D eigenvalue weighted by molar-refractivity contribution is 0.181. The summed E-state index contributed by atoms with van der Waals surface area (Å²) in [6.07, 6.45) is 4.42. The molecule has 0 bridgehead atoms. The van der Waals surface area contributed by atoms with Crippen LogP contribution in [0.25, 0.3) is 0 Å². The number of sulfonamides is 1. The molecular formula is C17H24FN3O3S. The minimum Gasteiger partial charge on any atom is -0.335 e. The smallest absolute Gasteiger partial charge is 0.318 e. The Morgan fingerprint density at radius 3 is 2.32 bits per heavy atom. The summed E-state index contributed by atoms with van der Waals surface area (Å²) in [7, 11) is -3.16. The van der Waals surface area contributed by atoms with Crippen molar-refractivity contribution >= 4 is 16.1 Å². The number of benzene rings is 1. The lowest BCUT2D eigenvalue weighted by Gasteiger charge is -2.32. The summed E-state index contributed by atoms with van der Waals surface area (Å²) >= 11 is 0. The van der Waals surface area contributed by atoms with Gasteiger partial charge in [-0.3, -0.25) is 0 Å². The van der Waals surface area contributed by atoms with E-state index in [1.54, 1.807) is 17.0 Å². The van der Waals surface area contributed by atoms with Crippen LogP contribution in [0.15, 0.2) is 24.3 Å². The maximum atomic E-state index is 13.0. The third-order valence-corrected chi connectivity index (χ3v) is 6.07. The van der Waals surface area contributed by atoms with Gasteiger partial charge in [0.25, 0.3) is 0 Å². The molecule has 1 aliphatic carbocycles. The molecule has 1 heterocycles. The first kappa shape index (κ1) is 18.1. The third-order valence-electron chi connectivity index (χ3n) is 4.77. The number of nitrogens with zero attached hydrogens (tertiary/aromatic N) is 2. The lowest BCUT2D eigenvalue weighted by Crippen LogP contribution is -2.50. The number of carbonyl (C=O) groups is 1. The van der Waals surface area contributed by atoms with Crippen molar-refractivity contribution in [2.75, 3.05) is 19.3 Å². The van der Waals surface area contributed by atoms with E-state index < -0.39 is 10.0 Å². The maximum Gasteiger partial charge on any atom is 0.318 e. The van der Waals surface area contributed by atoms with E-state index in [9.17, 15) is 17.6 Å². The number of carbonyl (C=O) groups excluding carboxylic acids is 1. The fraction of sp³-hybridized carbons (Fsp3) is 0.588. The van der Waals surface area contributed by atoms with Crippen molar-refractivity contribution in [3.63, 3.8) is 0 Å². The van der Waals surface area contributed by atoms with Crippen LogP contribution < -0.4 is 5.32 Å². The highest BCUT2D eigenvalue weighted by molar-refractivity contribution is 7.88. The Morgan fingerprint density at radius 2 is 1.80 bits per heavy atom. The van der Waals surface area contributed by atoms with Gasteiger partial charge in [-0.05, 0) is 43.4 Å². The van der Waals surface area contributed by atoms with Gasteiger partial charge >= 0.3 is 6.03 Å². The summed E-state index contributed by atoms with van der Waals surface area (Å²) in [4.78, 5) is 14.5. The first-order chi connectivity index (χ1) is 11.8. The molecule has 25 heavy (non-hydrogen) atoms. The van der Waals surface area contributed by atoms with Gasteiger partial charge in [-0.1, -0.05) is 12.1 Å². The van der Waals surface area contributed by atoms with Crippen molar-refractivity contribution in [1.82, 2.24) is 14.5 Å². The fourth-order valence-corrected chi connectivity index (χ4v) is 4.00. The van der Waals surface area contributed by atoms with Gasteiger partial charge in [0.1, 0.15) is 5.82 Å². The number of amides is 2. The van der Waals surface area contributed by atoms with Crippen molar-refractivity contribution in [2.24, 2.45) is 0 Å². The zero-order chi connectivity index (χ0) is 18.0. The second-order valence-corrected chi connectivity index (χ2v) is 8.85. The molecule has 1 N–H and O–H groups in total. The first-order valence-corrected chi connectivity index (χ1v) is 10.4. The molecule has 0 spiro atoms. The SMILES string of the molecule is CS(=O)(=O)N1CCC(NC(=O)N(Cc2ccc(F)cc2)C2CC2)CC1. The minimum atomic E-state index is -3.16. The molecule has 0 radical (unpaired) electrons. The molecule has 8 heteroatoms. The van der Waals surface area contributed by atoms with Crippen molar-refractivity contribution in [1.29, 1.82) is 0 Å². The first-order valence-electron chi connectivity index (χ1n) is 8.59. The molecule has 1 aromatic rings. The van der Waals surface area contributed by atoms with Crippen molar-refractivity contribution in [3.8, 4) is 0 Å². The van der Waals surface area contributed by atoms with Crippen LogP contribution in [0.1, 0.15) is 31.2 Å². The van der Waals surface area contributed by atoms with Gasteiger partial charge in [0.15, 0.2) is 0 Å². The summed E-state index contributed by atoms with van der Waals surface area (Å²) in [5.74, 6) is -0.288. The Labute approximate surface area is 148 Å². The van der Waals surface area contributed by atoms with Crippen LogP contribution in [0.2, 0.25) is 0 Å². The van der Waals surface area contributed by atoms with Gasteiger partial charge in [0, 0.05) is 31.7 Å². The average molecular weight is 369 g/mol. The van der Waals surface area contributed by atoms with Gasteiger partial charge in [0.05, 0.1) is 6.26 Å². The van der Waals surface area contributed by atoms with E-state index in [0.717, 1.165) is 18.4 Å². The Kier molecular flexibility index (Phi) is 5.29. The van der Waals surface area contributed by atoms with Gasteiger partial charge in [-0.15, -0.1) is 0 Å². The van der Waals surface area contributed by atoms with Crippen molar-refractivity contribution in [2.45, 2.75) is 44.3 Å². The second-order valence-electron chi connectivity index (χ2n) is 6.87. The van der Waals surface area contributed by atoms with Gasteiger partial charge in [0.2, 0.25) is 10.0 Å². The highest BCUT2D eigenvalue weighted by Crippen LogP contribution is 2.28. The predicted octanol–water partition coefficient (Wildman–Crippen LogP) is 1.92. The molecule has 2 fully saturated rings. The molecule has 1 aliphatic heterocycles. The number of piperidine rings is 1. The highest BCUT2D eigenvalue weighted by Gasteiger charge is 2.34. The van der Waals surface area contributed by atoms with E-state index >= 15 is 0 Å². The van der Waals surface area contributed by atoms with Gasteiger partial charge in [-0.2, -0.15) is 0 Å². The van der Waals surface area contributed by atoms with Crippen LogP contribution in [0, 0.1) is 5.82 Å². The topological polar surface area (TPSA) is 69.7 Å². The Bertz CT molecular complexity index is 711. The second kappa shape index (κ2) is 7.29. The molecule has 0 aromatic heterocycles. The molecule has 1 aromatic carbocycles. The molecule has 0 unspecified atom stereocenters. The van der Waals surface area contributed by atoms with Crippen LogP contribution in [-0.4, -0.2) is 55.1 Å². The molecule has 0 atom stereocenters. The fourth-order valence-electron chi connectivity index (χ4n) is 3.13. The Morgan fingerprint density at radius 1 is 1.20 bits per heavy atom. The van der Waals surface area contributed by atoms with E-state index in [-0.39, 0.29) is 23.9 Å².